The number of aromatic nitrogens is 1. The number of piperazine rings is 1. The lowest BCUT2D eigenvalue weighted by atomic mass is 10.0. The van der Waals surface area contributed by atoms with Gasteiger partial charge >= 0.3 is 12.2 Å². The lowest BCUT2D eigenvalue weighted by Crippen LogP contribution is -2.45. The number of halogens is 3. The highest BCUT2D eigenvalue weighted by molar-refractivity contribution is 7.92. The second kappa shape index (κ2) is 15.5. The summed E-state index contributed by atoms with van der Waals surface area (Å²) in [6.45, 7) is 4.40. The number of benzene rings is 3. The van der Waals surface area contributed by atoms with Gasteiger partial charge < -0.3 is 25.8 Å². The maximum absolute atomic E-state index is 13.7. The number of likely N-dealkylation sites (N-methyl/N-ethyl adjacent to an activating group) is 1. The predicted molar refractivity (Wildman–Crippen MR) is 181 cm³/mol. The van der Waals surface area contributed by atoms with Crippen LogP contribution in [0.25, 0.3) is 11.1 Å². The lowest BCUT2D eigenvalue weighted by molar-refractivity contribution is -0.137. The largest absolute Gasteiger partial charge is 0.416 e. The van der Waals surface area contributed by atoms with Gasteiger partial charge in [-0.25, -0.2) is 13.2 Å². The SMILES string of the molecule is CN1CCN(CCC(=O)Nc2cccc(-c3ccc(C(F)(F)F)cc3S(=O)(=O)Nc3ccc(NC(=O)NCc4cccnc4)cc3)c2)CC1. The van der Waals surface area contributed by atoms with Crippen molar-refractivity contribution in [2.45, 2.75) is 24.0 Å². The van der Waals surface area contributed by atoms with Crippen molar-refractivity contribution in [1.82, 2.24) is 20.1 Å². The summed E-state index contributed by atoms with van der Waals surface area (Å²) in [6, 6.07) is 17.5. The minimum atomic E-state index is -4.80. The van der Waals surface area contributed by atoms with Gasteiger partial charge in [0, 0.05) is 80.7 Å². The van der Waals surface area contributed by atoms with Crippen LogP contribution in [0.3, 0.4) is 0 Å². The molecule has 3 amide bonds. The smallest absolute Gasteiger partial charge is 0.334 e. The summed E-state index contributed by atoms with van der Waals surface area (Å²) in [7, 11) is -2.52. The van der Waals surface area contributed by atoms with Crippen molar-refractivity contribution < 1.29 is 31.2 Å². The molecule has 1 aromatic heterocycles. The summed E-state index contributed by atoms with van der Waals surface area (Å²) in [5, 5.41) is 8.11. The van der Waals surface area contributed by atoms with Gasteiger partial charge in [0.05, 0.1) is 10.5 Å². The number of carbonyl (C=O) groups excluding carboxylic acids is 2. The van der Waals surface area contributed by atoms with E-state index in [1.54, 1.807) is 42.7 Å². The number of pyridine rings is 1. The van der Waals surface area contributed by atoms with Crippen LogP contribution in [0.2, 0.25) is 0 Å². The molecule has 1 aliphatic heterocycles. The number of sulfonamides is 1. The molecule has 1 fully saturated rings. The molecular weight excluding hydrogens is 659 g/mol. The number of nitrogens with zero attached hydrogens (tertiary/aromatic N) is 3. The molecule has 15 heteroatoms. The highest BCUT2D eigenvalue weighted by atomic mass is 32.2. The normalized spacial score (nSPS) is 14.2. The molecule has 0 aliphatic carbocycles. The van der Waals surface area contributed by atoms with Crippen molar-refractivity contribution >= 4 is 39.0 Å². The molecule has 3 aromatic carbocycles. The molecule has 0 unspecified atom stereocenters. The second-order valence-corrected chi connectivity index (χ2v) is 13.2. The number of rotatable bonds is 11. The number of carbonyl (C=O) groups is 2. The van der Waals surface area contributed by atoms with Gasteiger partial charge in [0.1, 0.15) is 0 Å². The summed E-state index contributed by atoms with van der Waals surface area (Å²) >= 11 is 0. The Morgan fingerprint density at radius 3 is 2.29 bits per heavy atom. The van der Waals surface area contributed by atoms with Crippen LogP contribution in [0.5, 0.6) is 0 Å². The summed E-state index contributed by atoms with van der Waals surface area (Å²) in [5.41, 5.74) is 0.760. The third-order valence-electron chi connectivity index (χ3n) is 7.88. The van der Waals surface area contributed by atoms with E-state index in [1.165, 1.54) is 30.3 Å². The van der Waals surface area contributed by atoms with E-state index >= 15 is 0 Å². The molecule has 2 heterocycles. The van der Waals surface area contributed by atoms with E-state index in [2.05, 4.69) is 35.5 Å². The van der Waals surface area contributed by atoms with E-state index in [0.717, 1.165) is 43.9 Å². The second-order valence-electron chi connectivity index (χ2n) is 11.6. The molecule has 11 nitrogen and oxygen atoms in total. The highest BCUT2D eigenvalue weighted by Gasteiger charge is 2.33. The third-order valence-corrected chi connectivity index (χ3v) is 9.30. The molecule has 49 heavy (non-hydrogen) atoms. The van der Waals surface area contributed by atoms with E-state index in [0.29, 0.717) is 29.5 Å². The molecule has 258 valence electrons. The minimum absolute atomic E-state index is 0.0117. The first-order chi connectivity index (χ1) is 23.4. The van der Waals surface area contributed by atoms with Crippen LogP contribution in [-0.2, 0) is 27.5 Å². The number of anilines is 3. The van der Waals surface area contributed by atoms with Crippen molar-refractivity contribution in [1.29, 1.82) is 0 Å². The van der Waals surface area contributed by atoms with Gasteiger partial charge in [0.2, 0.25) is 5.91 Å². The molecule has 4 aromatic rings. The van der Waals surface area contributed by atoms with E-state index in [9.17, 15) is 31.2 Å². The van der Waals surface area contributed by atoms with Gasteiger partial charge in [0.15, 0.2) is 0 Å². The average molecular weight is 696 g/mol. The van der Waals surface area contributed by atoms with Crippen molar-refractivity contribution in [3.63, 3.8) is 0 Å². The first-order valence-electron chi connectivity index (χ1n) is 15.4. The number of alkyl halides is 3. The standard InChI is InChI=1S/C34H36F3N7O4S/c1-43-16-18-44(19-17-43)15-13-32(45)40-29-6-2-5-25(20-29)30-12-7-26(34(35,36)37)21-31(30)49(47,48)42-28-10-8-27(9-11-28)41-33(46)39-23-24-4-3-14-38-22-24/h2-12,14,20-22,42H,13,15-19,23H2,1H3,(H,40,45)(H2,39,41,46). The first-order valence-corrected chi connectivity index (χ1v) is 16.9. The Bertz CT molecular complexity index is 1870. The zero-order valence-electron chi connectivity index (χ0n) is 26.6. The van der Waals surface area contributed by atoms with Crippen LogP contribution in [0, 0.1) is 0 Å². The molecule has 0 radical (unpaired) electrons. The zero-order chi connectivity index (χ0) is 35.0. The topological polar surface area (TPSA) is 136 Å². The Labute approximate surface area is 282 Å². The first kappa shape index (κ1) is 35.3. The van der Waals surface area contributed by atoms with Gasteiger partial charge in [-0.1, -0.05) is 24.3 Å². The fourth-order valence-corrected chi connectivity index (χ4v) is 6.48. The van der Waals surface area contributed by atoms with Gasteiger partial charge in [-0.05, 0) is 72.8 Å². The lowest BCUT2D eigenvalue weighted by Gasteiger charge is -2.32. The Kier molecular flexibility index (Phi) is 11.2. The van der Waals surface area contributed by atoms with Gasteiger partial charge in [-0.15, -0.1) is 0 Å². The molecular formula is C34H36F3N7O4S. The summed E-state index contributed by atoms with van der Waals surface area (Å²) in [4.78, 5) is 32.8. The van der Waals surface area contributed by atoms with Crippen LogP contribution < -0.4 is 20.7 Å². The van der Waals surface area contributed by atoms with Crippen LogP contribution in [0.4, 0.5) is 35.0 Å². The molecule has 0 atom stereocenters. The maximum atomic E-state index is 13.7. The Hall–Kier alpha value is -4.99. The van der Waals surface area contributed by atoms with Crippen molar-refractivity contribution in [3.05, 3.63) is 102 Å². The van der Waals surface area contributed by atoms with E-state index in [-0.39, 0.29) is 30.1 Å². The summed E-state index contributed by atoms with van der Waals surface area (Å²) in [5.74, 6) is -0.234. The molecule has 1 saturated heterocycles. The van der Waals surface area contributed by atoms with Gasteiger partial charge in [0.25, 0.3) is 10.0 Å². The zero-order valence-corrected chi connectivity index (χ0v) is 27.4. The molecule has 0 spiro atoms. The number of hydrogen-bond acceptors (Lipinski definition) is 7. The maximum Gasteiger partial charge on any atom is 0.416 e. The average Bonchev–Trinajstić information content (AvgIpc) is 3.08. The Morgan fingerprint density at radius 1 is 0.857 bits per heavy atom. The number of hydrogen-bond donors (Lipinski definition) is 4. The van der Waals surface area contributed by atoms with Crippen LogP contribution in [0.1, 0.15) is 17.5 Å². The molecule has 1 aliphatic rings. The molecule has 0 bridgehead atoms. The number of urea groups is 1. The molecule has 4 N–H and O–H groups in total. The monoisotopic (exact) mass is 695 g/mol. The Balaban J connectivity index is 1.29. The van der Waals surface area contributed by atoms with E-state index < -0.39 is 32.7 Å². The van der Waals surface area contributed by atoms with Crippen LogP contribution >= 0.6 is 0 Å². The minimum Gasteiger partial charge on any atom is -0.334 e. The van der Waals surface area contributed by atoms with E-state index in [4.69, 9.17) is 0 Å². The van der Waals surface area contributed by atoms with Crippen LogP contribution in [0.15, 0.2) is 96.2 Å². The Morgan fingerprint density at radius 2 is 1.59 bits per heavy atom. The quantitative estimate of drug-likeness (QED) is 0.164. The van der Waals surface area contributed by atoms with Crippen molar-refractivity contribution in [2.75, 3.05) is 55.1 Å². The summed E-state index contributed by atoms with van der Waals surface area (Å²) in [6.07, 6.45) is -1.32. The number of nitrogens with one attached hydrogen (secondary N) is 4. The van der Waals surface area contributed by atoms with Crippen LogP contribution in [-0.4, -0.2) is 74.9 Å². The number of amides is 3. The molecule has 5 rings (SSSR count). The van der Waals surface area contributed by atoms with Gasteiger partial charge in [-0.2, -0.15) is 13.2 Å². The predicted octanol–water partition coefficient (Wildman–Crippen LogP) is 5.47. The fraction of sp³-hybridized carbons (Fsp3) is 0.265. The fourth-order valence-electron chi connectivity index (χ4n) is 5.17. The third kappa shape index (κ3) is 10.0. The molecule has 0 saturated carbocycles. The van der Waals surface area contributed by atoms with E-state index in [1.807, 2.05) is 7.05 Å². The van der Waals surface area contributed by atoms with Crippen molar-refractivity contribution in [2.24, 2.45) is 0 Å². The van der Waals surface area contributed by atoms with Gasteiger partial charge in [-0.3, -0.25) is 14.5 Å². The summed E-state index contributed by atoms with van der Waals surface area (Å²) < 4.78 is 70.8. The van der Waals surface area contributed by atoms with Crippen molar-refractivity contribution in [3.8, 4) is 11.1 Å². The highest BCUT2D eigenvalue weighted by Crippen LogP contribution is 2.36.